The highest BCUT2D eigenvalue weighted by molar-refractivity contribution is 5.87. The first-order valence-electron chi connectivity index (χ1n) is 6.85. The lowest BCUT2D eigenvalue weighted by Crippen LogP contribution is -2.49. The van der Waals surface area contributed by atoms with E-state index in [0.717, 1.165) is 25.7 Å². The normalized spacial score (nSPS) is 17.8. The van der Waals surface area contributed by atoms with Gasteiger partial charge in [-0.3, -0.25) is 4.79 Å². The molecule has 0 aromatic heterocycles. The molecule has 1 fully saturated rings. The van der Waals surface area contributed by atoms with Gasteiger partial charge >= 0.3 is 6.09 Å². The summed E-state index contributed by atoms with van der Waals surface area (Å²) >= 11 is 0. The molecule has 0 aromatic rings. The maximum atomic E-state index is 12.0. The molecule has 104 valence electrons. The van der Waals surface area contributed by atoms with Crippen LogP contribution < -0.4 is 5.32 Å². The molecule has 1 N–H and O–H groups in total. The molecule has 0 aromatic carbocycles. The topological polar surface area (TPSA) is 55.4 Å². The van der Waals surface area contributed by atoms with Crippen LogP contribution in [0.25, 0.3) is 0 Å². The molecule has 4 heteroatoms. The summed E-state index contributed by atoms with van der Waals surface area (Å²) in [4.78, 5) is 23.7. The predicted octanol–water partition coefficient (Wildman–Crippen LogP) is 3.05. The molecule has 0 spiro atoms. The average Bonchev–Trinajstić information content (AvgIpc) is 2.11. The van der Waals surface area contributed by atoms with Gasteiger partial charge in [-0.15, -0.1) is 0 Å². The van der Waals surface area contributed by atoms with Gasteiger partial charge in [-0.2, -0.15) is 0 Å². The molecule has 0 saturated heterocycles. The van der Waals surface area contributed by atoms with Gasteiger partial charge in [0.15, 0.2) is 5.78 Å². The van der Waals surface area contributed by atoms with Gasteiger partial charge in [0.1, 0.15) is 5.60 Å². The lowest BCUT2D eigenvalue weighted by atomic mass is 9.77. The van der Waals surface area contributed by atoms with Gasteiger partial charge in [-0.25, -0.2) is 4.79 Å². The van der Waals surface area contributed by atoms with Crippen LogP contribution in [0.15, 0.2) is 0 Å². The summed E-state index contributed by atoms with van der Waals surface area (Å²) in [5, 5.41) is 2.75. The minimum atomic E-state index is -0.526. The Hall–Kier alpha value is -1.06. The van der Waals surface area contributed by atoms with E-state index < -0.39 is 11.7 Å². The van der Waals surface area contributed by atoms with E-state index in [2.05, 4.69) is 5.32 Å². The molecule has 1 atom stereocenters. The number of rotatable bonds is 5. The molecule has 1 amide bonds. The second-order valence-corrected chi connectivity index (χ2v) is 6.03. The first-order chi connectivity index (χ1) is 8.33. The molecule has 18 heavy (non-hydrogen) atoms. The van der Waals surface area contributed by atoms with Crippen molar-refractivity contribution in [3.05, 3.63) is 0 Å². The third kappa shape index (κ3) is 4.67. The molecule has 1 saturated carbocycles. The number of alkyl carbamates (subject to hydrolysis) is 1. The number of ketones is 1. The maximum absolute atomic E-state index is 12.0. The van der Waals surface area contributed by atoms with Gasteiger partial charge in [0.25, 0.3) is 0 Å². The van der Waals surface area contributed by atoms with Gasteiger partial charge in [0, 0.05) is 6.42 Å². The van der Waals surface area contributed by atoms with E-state index in [4.69, 9.17) is 4.74 Å². The highest BCUT2D eigenvalue weighted by atomic mass is 16.6. The van der Waals surface area contributed by atoms with E-state index in [1.807, 2.05) is 27.7 Å². The summed E-state index contributed by atoms with van der Waals surface area (Å²) in [6, 6.07) is -0.353. The number of ether oxygens (including phenoxy) is 1. The van der Waals surface area contributed by atoms with Gasteiger partial charge in [0.2, 0.25) is 0 Å². The molecule has 0 heterocycles. The third-order valence-corrected chi connectivity index (χ3v) is 3.14. The summed E-state index contributed by atoms with van der Waals surface area (Å²) in [5.41, 5.74) is -0.526. The molecule has 1 aliphatic rings. The van der Waals surface area contributed by atoms with Crippen molar-refractivity contribution in [1.82, 2.24) is 5.32 Å². The zero-order valence-corrected chi connectivity index (χ0v) is 11.9. The fourth-order valence-electron chi connectivity index (χ4n) is 2.07. The van der Waals surface area contributed by atoms with Crippen LogP contribution in [-0.4, -0.2) is 23.5 Å². The van der Waals surface area contributed by atoms with E-state index in [1.54, 1.807) is 0 Å². The predicted molar refractivity (Wildman–Crippen MR) is 70.4 cm³/mol. The van der Waals surface area contributed by atoms with E-state index in [9.17, 15) is 9.59 Å². The second kappa shape index (κ2) is 6.21. The van der Waals surface area contributed by atoms with Crippen LogP contribution in [0.2, 0.25) is 0 Å². The van der Waals surface area contributed by atoms with Crippen LogP contribution in [-0.2, 0) is 9.53 Å². The second-order valence-electron chi connectivity index (χ2n) is 6.03. The van der Waals surface area contributed by atoms with Gasteiger partial charge < -0.3 is 10.1 Å². The third-order valence-electron chi connectivity index (χ3n) is 3.14. The van der Waals surface area contributed by atoms with Gasteiger partial charge in [0.05, 0.1) is 6.04 Å². The van der Waals surface area contributed by atoms with Crippen LogP contribution in [0.5, 0.6) is 0 Å². The first-order valence-corrected chi connectivity index (χ1v) is 6.85. The molecule has 1 rings (SSSR count). The van der Waals surface area contributed by atoms with Gasteiger partial charge in [-0.05, 0) is 46.0 Å². The smallest absolute Gasteiger partial charge is 0.408 e. The Labute approximate surface area is 109 Å². The molecular formula is C14H25NO3. The van der Waals surface area contributed by atoms with E-state index in [1.165, 1.54) is 0 Å². The summed E-state index contributed by atoms with van der Waals surface area (Å²) in [5.74, 6) is 0.435. The highest BCUT2D eigenvalue weighted by Crippen LogP contribution is 2.30. The zero-order valence-electron chi connectivity index (χ0n) is 11.9. The quantitative estimate of drug-likeness (QED) is 0.821. The summed E-state index contributed by atoms with van der Waals surface area (Å²) in [6.07, 6.45) is 4.06. The first kappa shape index (κ1) is 15.0. The Morgan fingerprint density at radius 3 is 2.33 bits per heavy atom. The van der Waals surface area contributed by atoms with Crippen LogP contribution in [0.3, 0.4) is 0 Å². The van der Waals surface area contributed by atoms with Crippen LogP contribution >= 0.6 is 0 Å². The molecule has 1 aliphatic carbocycles. The lowest BCUT2D eigenvalue weighted by molar-refractivity contribution is -0.123. The fourth-order valence-corrected chi connectivity index (χ4v) is 2.07. The molecular weight excluding hydrogens is 230 g/mol. The molecule has 1 unspecified atom stereocenters. The summed E-state index contributed by atoms with van der Waals surface area (Å²) in [6.45, 7) is 7.43. The Balaban J connectivity index is 2.55. The molecule has 0 aliphatic heterocycles. The summed E-state index contributed by atoms with van der Waals surface area (Å²) < 4.78 is 5.21. The number of Topliss-reactive ketones (excluding diaryl/α,β-unsaturated/α-hetero) is 1. The van der Waals surface area contributed by atoms with Crippen LogP contribution in [0.4, 0.5) is 4.79 Å². The standard InChI is InChI=1S/C14H25NO3/c1-5-7-11(16)12(10-8-6-9-10)15-13(17)18-14(2,3)4/h10,12H,5-9H2,1-4H3,(H,15,17). The maximum Gasteiger partial charge on any atom is 0.408 e. The van der Waals surface area contributed by atoms with E-state index >= 15 is 0 Å². The number of hydrogen-bond acceptors (Lipinski definition) is 3. The zero-order chi connectivity index (χ0) is 13.8. The van der Waals surface area contributed by atoms with Crippen LogP contribution in [0.1, 0.15) is 59.8 Å². The Morgan fingerprint density at radius 1 is 1.33 bits per heavy atom. The van der Waals surface area contributed by atoms with Crippen molar-refractivity contribution in [2.24, 2.45) is 5.92 Å². The minimum absolute atomic E-state index is 0.132. The largest absolute Gasteiger partial charge is 0.444 e. The van der Waals surface area contributed by atoms with Crippen molar-refractivity contribution in [3.8, 4) is 0 Å². The number of hydrogen-bond donors (Lipinski definition) is 1. The number of amides is 1. The molecule has 0 bridgehead atoms. The van der Waals surface area contributed by atoms with Gasteiger partial charge in [-0.1, -0.05) is 13.3 Å². The average molecular weight is 255 g/mol. The van der Waals surface area contributed by atoms with Crippen LogP contribution in [0, 0.1) is 5.92 Å². The molecule has 0 radical (unpaired) electrons. The van der Waals surface area contributed by atoms with E-state index in [0.29, 0.717) is 12.3 Å². The number of nitrogens with one attached hydrogen (secondary N) is 1. The Morgan fingerprint density at radius 2 is 1.94 bits per heavy atom. The monoisotopic (exact) mass is 255 g/mol. The van der Waals surface area contributed by atoms with Crippen molar-refractivity contribution >= 4 is 11.9 Å². The van der Waals surface area contributed by atoms with Crippen molar-refractivity contribution in [1.29, 1.82) is 0 Å². The Bertz CT molecular complexity index is 303. The molecule has 4 nitrogen and oxygen atoms in total. The summed E-state index contributed by atoms with van der Waals surface area (Å²) in [7, 11) is 0. The SMILES string of the molecule is CCCC(=O)C(NC(=O)OC(C)(C)C)C1CCC1. The lowest BCUT2D eigenvalue weighted by Gasteiger charge is -2.33. The highest BCUT2D eigenvalue weighted by Gasteiger charge is 2.34. The van der Waals surface area contributed by atoms with Crippen molar-refractivity contribution in [2.75, 3.05) is 0 Å². The number of carbonyl (C=O) groups excluding carboxylic acids is 2. The number of carbonyl (C=O) groups is 2. The Kier molecular flexibility index (Phi) is 5.17. The minimum Gasteiger partial charge on any atom is -0.444 e. The van der Waals surface area contributed by atoms with Crippen molar-refractivity contribution in [2.45, 2.75) is 71.4 Å². The van der Waals surface area contributed by atoms with Crippen molar-refractivity contribution in [3.63, 3.8) is 0 Å². The van der Waals surface area contributed by atoms with E-state index in [-0.39, 0.29) is 11.8 Å². The van der Waals surface area contributed by atoms with Crippen molar-refractivity contribution < 1.29 is 14.3 Å². The fraction of sp³-hybridized carbons (Fsp3) is 0.857.